The van der Waals surface area contributed by atoms with Crippen LogP contribution in [0.2, 0.25) is 0 Å². The van der Waals surface area contributed by atoms with Crippen LogP contribution in [0.25, 0.3) is 0 Å². The minimum Gasteiger partial charge on any atom is -0.373 e. The van der Waals surface area contributed by atoms with Crippen LogP contribution >= 0.6 is 0 Å². The summed E-state index contributed by atoms with van der Waals surface area (Å²) in [5.41, 5.74) is 1.17. The Labute approximate surface area is 202 Å². The van der Waals surface area contributed by atoms with E-state index in [1.165, 1.54) is 32.3 Å². The molecule has 0 atom stereocenters. The van der Waals surface area contributed by atoms with Gasteiger partial charge in [0.2, 0.25) is 0 Å². The fraction of sp³-hybridized carbons (Fsp3) is 0.577. The van der Waals surface area contributed by atoms with Crippen molar-refractivity contribution in [2.45, 2.75) is 76.9 Å². The SMILES string of the molecule is C/C=C(\C=C(/C)F)N1C(=O)NC(=NC2CCCCC2)C12CCN(Cc1cccnc1NC)CC2. The molecule has 0 unspecified atom stereocenters. The highest BCUT2D eigenvalue weighted by atomic mass is 19.1. The molecule has 0 aromatic carbocycles. The summed E-state index contributed by atoms with van der Waals surface area (Å²) in [5.74, 6) is 1.34. The minimum absolute atomic E-state index is 0.210. The van der Waals surface area contributed by atoms with Gasteiger partial charge in [-0.2, -0.15) is 0 Å². The Morgan fingerprint density at radius 2 is 2.06 bits per heavy atom. The first-order valence-corrected chi connectivity index (χ1v) is 12.5. The molecule has 1 aromatic heterocycles. The maximum atomic E-state index is 13.9. The molecule has 2 amide bonds. The number of amidine groups is 1. The molecule has 8 heteroatoms. The lowest BCUT2D eigenvalue weighted by Crippen LogP contribution is -2.56. The van der Waals surface area contributed by atoms with Gasteiger partial charge in [0, 0.05) is 44.1 Å². The van der Waals surface area contributed by atoms with E-state index in [-0.39, 0.29) is 17.9 Å². The molecule has 1 aliphatic carbocycles. The van der Waals surface area contributed by atoms with Crippen LogP contribution in [0.1, 0.15) is 64.4 Å². The Hall–Kier alpha value is -2.74. The van der Waals surface area contributed by atoms with Gasteiger partial charge in [-0.25, -0.2) is 14.2 Å². The molecular formula is C26H37FN6O. The molecule has 3 fully saturated rings. The number of carbonyl (C=O) groups excluding carboxylic acids is 1. The van der Waals surface area contributed by atoms with E-state index in [1.807, 2.05) is 26.1 Å². The van der Waals surface area contributed by atoms with Gasteiger partial charge in [-0.15, -0.1) is 0 Å². The topological polar surface area (TPSA) is 72.9 Å². The van der Waals surface area contributed by atoms with E-state index in [9.17, 15) is 9.18 Å². The lowest BCUT2D eigenvalue weighted by atomic mass is 9.84. The first-order valence-electron chi connectivity index (χ1n) is 12.5. The molecule has 0 bridgehead atoms. The summed E-state index contributed by atoms with van der Waals surface area (Å²) in [6.07, 6.45) is 12.3. The van der Waals surface area contributed by atoms with Gasteiger partial charge >= 0.3 is 6.03 Å². The molecule has 4 rings (SSSR count). The van der Waals surface area contributed by atoms with Gasteiger partial charge in [0.05, 0.1) is 11.9 Å². The van der Waals surface area contributed by atoms with Gasteiger partial charge in [-0.05, 0) is 51.7 Å². The number of aromatic nitrogens is 1. The second-order valence-corrected chi connectivity index (χ2v) is 9.55. The van der Waals surface area contributed by atoms with Crippen LogP contribution in [0.15, 0.2) is 47.0 Å². The zero-order valence-electron chi connectivity index (χ0n) is 20.6. The number of carbonyl (C=O) groups is 1. The molecule has 3 heterocycles. The summed E-state index contributed by atoms with van der Waals surface area (Å²) in [6, 6.07) is 4.10. The monoisotopic (exact) mass is 468 g/mol. The smallest absolute Gasteiger partial charge is 0.328 e. The van der Waals surface area contributed by atoms with Crippen LogP contribution < -0.4 is 10.6 Å². The normalized spacial score (nSPS) is 23.6. The third kappa shape index (κ3) is 5.02. The van der Waals surface area contributed by atoms with Crippen LogP contribution in [0.5, 0.6) is 0 Å². The number of piperidine rings is 1. The third-order valence-corrected chi connectivity index (χ3v) is 7.29. The van der Waals surface area contributed by atoms with Crippen molar-refractivity contribution in [1.82, 2.24) is 20.1 Å². The van der Waals surface area contributed by atoms with Gasteiger partial charge in [-0.3, -0.25) is 20.1 Å². The number of hydrogen-bond donors (Lipinski definition) is 2. The Morgan fingerprint density at radius 1 is 1.32 bits per heavy atom. The van der Waals surface area contributed by atoms with Crippen LogP contribution in [-0.4, -0.2) is 58.4 Å². The Kier molecular flexibility index (Phi) is 7.66. The fourth-order valence-electron chi connectivity index (χ4n) is 5.54. The van der Waals surface area contributed by atoms with Gasteiger partial charge in [0.15, 0.2) is 0 Å². The third-order valence-electron chi connectivity index (χ3n) is 7.29. The van der Waals surface area contributed by atoms with Crippen LogP contribution in [0, 0.1) is 0 Å². The summed E-state index contributed by atoms with van der Waals surface area (Å²) in [7, 11) is 1.89. The number of allylic oxidation sites excluding steroid dienone is 3. The van der Waals surface area contributed by atoms with Crippen LogP contribution in [0.3, 0.4) is 0 Å². The second-order valence-electron chi connectivity index (χ2n) is 9.55. The predicted octanol–water partition coefficient (Wildman–Crippen LogP) is 4.99. The average Bonchev–Trinajstić information content (AvgIpc) is 3.10. The molecule has 3 aliphatic rings. The van der Waals surface area contributed by atoms with Crippen molar-refractivity contribution in [2.75, 3.05) is 25.5 Å². The summed E-state index contributed by atoms with van der Waals surface area (Å²) < 4.78 is 13.9. The Balaban J connectivity index is 1.61. The number of aliphatic imine (C=N–C) groups is 1. The number of amides is 2. The van der Waals surface area contributed by atoms with Crippen molar-refractivity contribution in [2.24, 2.45) is 4.99 Å². The Morgan fingerprint density at radius 3 is 2.71 bits per heavy atom. The highest BCUT2D eigenvalue weighted by Gasteiger charge is 2.53. The first-order chi connectivity index (χ1) is 16.5. The van der Waals surface area contributed by atoms with Crippen molar-refractivity contribution in [1.29, 1.82) is 0 Å². The van der Waals surface area contributed by atoms with E-state index >= 15 is 0 Å². The second kappa shape index (κ2) is 10.7. The van der Waals surface area contributed by atoms with Gasteiger partial charge in [-0.1, -0.05) is 31.4 Å². The van der Waals surface area contributed by atoms with Crippen molar-refractivity contribution in [3.05, 3.63) is 47.6 Å². The lowest BCUT2D eigenvalue weighted by molar-refractivity contribution is 0.119. The molecule has 184 valence electrons. The van der Waals surface area contributed by atoms with E-state index in [0.29, 0.717) is 5.70 Å². The number of halogens is 1. The van der Waals surface area contributed by atoms with Crippen molar-refractivity contribution in [3.8, 4) is 0 Å². The van der Waals surface area contributed by atoms with Crippen molar-refractivity contribution in [3.63, 3.8) is 0 Å². The van der Waals surface area contributed by atoms with E-state index in [4.69, 9.17) is 4.99 Å². The molecule has 1 saturated carbocycles. The molecule has 0 radical (unpaired) electrons. The summed E-state index contributed by atoms with van der Waals surface area (Å²) >= 11 is 0. The maximum Gasteiger partial charge on any atom is 0.328 e. The molecule has 2 aliphatic heterocycles. The number of pyridine rings is 1. The largest absolute Gasteiger partial charge is 0.373 e. The molecule has 1 aromatic rings. The first kappa shape index (κ1) is 24.4. The summed E-state index contributed by atoms with van der Waals surface area (Å²) in [4.78, 5) is 26.9. The molecule has 2 N–H and O–H groups in total. The van der Waals surface area contributed by atoms with Gasteiger partial charge in [0.25, 0.3) is 0 Å². The number of anilines is 1. The number of nitrogens with one attached hydrogen (secondary N) is 2. The fourth-order valence-corrected chi connectivity index (χ4v) is 5.54. The van der Waals surface area contributed by atoms with Crippen molar-refractivity contribution < 1.29 is 9.18 Å². The molecule has 7 nitrogen and oxygen atoms in total. The van der Waals surface area contributed by atoms with E-state index in [2.05, 4.69) is 26.6 Å². The van der Waals surface area contributed by atoms with E-state index in [0.717, 1.165) is 62.5 Å². The van der Waals surface area contributed by atoms with Crippen molar-refractivity contribution >= 4 is 17.7 Å². The van der Waals surface area contributed by atoms with Crippen LogP contribution in [-0.2, 0) is 6.54 Å². The average molecular weight is 469 g/mol. The predicted molar refractivity (Wildman–Crippen MR) is 134 cm³/mol. The number of urea groups is 1. The van der Waals surface area contributed by atoms with E-state index in [1.54, 1.807) is 11.1 Å². The molecule has 34 heavy (non-hydrogen) atoms. The highest BCUT2D eigenvalue weighted by Crippen LogP contribution is 2.39. The highest BCUT2D eigenvalue weighted by molar-refractivity contribution is 6.11. The van der Waals surface area contributed by atoms with Gasteiger partial charge < -0.3 is 5.32 Å². The zero-order chi connectivity index (χ0) is 24.1. The maximum absolute atomic E-state index is 13.9. The van der Waals surface area contributed by atoms with Gasteiger partial charge in [0.1, 0.15) is 17.2 Å². The van der Waals surface area contributed by atoms with Crippen LogP contribution in [0.4, 0.5) is 15.0 Å². The quantitative estimate of drug-likeness (QED) is 0.577. The molecular weight excluding hydrogens is 431 g/mol. The molecule has 1 spiro atoms. The summed E-state index contributed by atoms with van der Waals surface area (Å²) in [5, 5.41) is 6.26. The number of likely N-dealkylation sites (tertiary alicyclic amines) is 1. The molecule has 2 saturated heterocycles. The Bertz CT molecular complexity index is 969. The summed E-state index contributed by atoms with van der Waals surface area (Å²) in [6.45, 7) is 5.67. The number of nitrogens with zero attached hydrogens (tertiary/aromatic N) is 4. The standard InChI is InChI=1S/C26H37FN6O/c1-4-22(17-19(2)27)33-25(34)31-24(30-21-10-6-5-7-11-21)26(33)12-15-32(16-13-26)18-20-9-8-14-29-23(20)28-3/h4,8-9,14,17,21H,5-7,10-13,15-16,18H2,1-3H3,(H,28,29)(H,30,31,34)/b19-17+,22-4+. The lowest BCUT2D eigenvalue weighted by Gasteiger charge is -2.44. The zero-order valence-corrected chi connectivity index (χ0v) is 20.6. The minimum atomic E-state index is -0.570. The number of hydrogen-bond acceptors (Lipinski definition) is 5. The van der Waals surface area contributed by atoms with E-state index < -0.39 is 5.54 Å². The number of rotatable bonds is 6.